The molecular formula is C15H18O4. The second-order valence-electron chi connectivity index (χ2n) is 5.24. The van der Waals surface area contributed by atoms with E-state index in [1.807, 2.05) is 0 Å². The highest BCUT2D eigenvalue weighted by atomic mass is 16.6. The summed E-state index contributed by atoms with van der Waals surface area (Å²) in [5.41, 5.74) is 1.28. The molecule has 102 valence electrons. The van der Waals surface area contributed by atoms with Crippen LogP contribution in [-0.2, 0) is 9.53 Å². The normalized spacial score (nSPS) is 11.6. The van der Waals surface area contributed by atoms with E-state index in [9.17, 15) is 9.59 Å². The van der Waals surface area contributed by atoms with Crippen LogP contribution in [0.2, 0.25) is 0 Å². The number of hydrogen-bond donors (Lipinski definition) is 1. The van der Waals surface area contributed by atoms with Gasteiger partial charge in [-0.1, -0.05) is 6.07 Å². The Labute approximate surface area is 112 Å². The minimum absolute atomic E-state index is 0.229. The molecule has 0 atom stereocenters. The van der Waals surface area contributed by atoms with Crippen molar-refractivity contribution in [2.45, 2.75) is 33.3 Å². The van der Waals surface area contributed by atoms with Crippen LogP contribution in [-0.4, -0.2) is 22.6 Å². The van der Waals surface area contributed by atoms with Crippen LogP contribution in [0.5, 0.6) is 0 Å². The number of benzene rings is 1. The molecule has 1 N–H and O–H groups in total. The summed E-state index contributed by atoms with van der Waals surface area (Å²) < 4.78 is 5.14. The predicted octanol–water partition coefficient (Wildman–Crippen LogP) is 3.05. The van der Waals surface area contributed by atoms with Gasteiger partial charge in [0.25, 0.3) is 0 Å². The lowest BCUT2D eigenvalue weighted by Gasteiger charge is -2.17. The minimum atomic E-state index is -0.967. The number of carbonyl (C=O) groups is 2. The van der Waals surface area contributed by atoms with Crippen LogP contribution in [0.3, 0.4) is 0 Å². The van der Waals surface area contributed by atoms with Gasteiger partial charge in [-0.2, -0.15) is 0 Å². The molecule has 19 heavy (non-hydrogen) atoms. The first kappa shape index (κ1) is 15.0. The van der Waals surface area contributed by atoms with Gasteiger partial charge in [-0.05, 0) is 57.0 Å². The van der Waals surface area contributed by atoms with Crippen molar-refractivity contribution in [2.75, 3.05) is 0 Å². The Hall–Kier alpha value is -2.10. The van der Waals surface area contributed by atoms with Crippen molar-refractivity contribution in [1.29, 1.82) is 0 Å². The van der Waals surface area contributed by atoms with E-state index in [-0.39, 0.29) is 5.56 Å². The maximum absolute atomic E-state index is 11.5. The van der Waals surface area contributed by atoms with E-state index in [0.29, 0.717) is 0 Å². The van der Waals surface area contributed by atoms with Gasteiger partial charge in [-0.3, -0.25) is 0 Å². The van der Waals surface area contributed by atoms with Gasteiger partial charge in [0.15, 0.2) is 0 Å². The zero-order valence-corrected chi connectivity index (χ0v) is 11.6. The quantitative estimate of drug-likeness (QED) is 0.671. The van der Waals surface area contributed by atoms with E-state index >= 15 is 0 Å². The van der Waals surface area contributed by atoms with Crippen molar-refractivity contribution < 1.29 is 19.4 Å². The third-order valence-electron chi connectivity index (χ3n) is 2.32. The third kappa shape index (κ3) is 4.95. The van der Waals surface area contributed by atoms with Crippen molar-refractivity contribution in [3.8, 4) is 0 Å². The molecule has 0 aliphatic rings. The summed E-state index contributed by atoms with van der Waals surface area (Å²) in [5, 5.41) is 8.85. The SMILES string of the molecule is Cc1cc(C(=O)O)ccc1C=CC(=O)OC(C)(C)C. The lowest BCUT2D eigenvalue weighted by Crippen LogP contribution is -2.22. The number of ether oxygens (including phenoxy) is 1. The molecule has 1 aromatic carbocycles. The smallest absolute Gasteiger partial charge is 0.335 e. The third-order valence-corrected chi connectivity index (χ3v) is 2.32. The Balaban J connectivity index is 2.83. The molecular weight excluding hydrogens is 244 g/mol. The molecule has 0 aliphatic carbocycles. The summed E-state index contributed by atoms with van der Waals surface area (Å²) in [5.74, 6) is -1.39. The summed E-state index contributed by atoms with van der Waals surface area (Å²) >= 11 is 0. The monoisotopic (exact) mass is 262 g/mol. The van der Waals surface area contributed by atoms with E-state index in [1.54, 1.807) is 45.9 Å². The van der Waals surface area contributed by atoms with Crippen molar-refractivity contribution in [3.05, 3.63) is 41.0 Å². The Morgan fingerprint density at radius 2 is 1.89 bits per heavy atom. The van der Waals surface area contributed by atoms with Gasteiger partial charge in [0.05, 0.1) is 5.56 Å². The van der Waals surface area contributed by atoms with Gasteiger partial charge < -0.3 is 9.84 Å². The largest absolute Gasteiger partial charge is 0.478 e. The Kier molecular flexibility index (Phi) is 4.48. The molecule has 0 saturated heterocycles. The summed E-state index contributed by atoms with van der Waals surface area (Å²) in [6.45, 7) is 7.18. The zero-order valence-electron chi connectivity index (χ0n) is 11.6. The van der Waals surface area contributed by atoms with E-state index in [0.717, 1.165) is 11.1 Å². The van der Waals surface area contributed by atoms with Gasteiger partial charge in [-0.25, -0.2) is 9.59 Å². The first-order chi connectivity index (χ1) is 8.69. The van der Waals surface area contributed by atoms with Gasteiger partial charge in [-0.15, -0.1) is 0 Å². The first-order valence-electron chi connectivity index (χ1n) is 5.94. The summed E-state index contributed by atoms with van der Waals surface area (Å²) in [6, 6.07) is 4.74. The average molecular weight is 262 g/mol. The fourth-order valence-corrected chi connectivity index (χ4v) is 1.49. The molecule has 0 fully saturated rings. The minimum Gasteiger partial charge on any atom is -0.478 e. The molecule has 4 nitrogen and oxygen atoms in total. The Morgan fingerprint density at radius 3 is 2.37 bits per heavy atom. The molecule has 4 heteroatoms. The van der Waals surface area contributed by atoms with Crippen LogP contribution < -0.4 is 0 Å². The van der Waals surface area contributed by atoms with Crippen LogP contribution in [0.4, 0.5) is 0 Å². The van der Waals surface area contributed by atoms with E-state index in [4.69, 9.17) is 9.84 Å². The number of hydrogen-bond acceptors (Lipinski definition) is 3. The van der Waals surface area contributed by atoms with Gasteiger partial charge in [0, 0.05) is 6.08 Å². The highest BCUT2D eigenvalue weighted by Gasteiger charge is 2.14. The molecule has 1 aromatic rings. The van der Waals surface area contributed by atoms with E-state index in [1.165, 1.54) is 12.1 Å². The van der Waals surface area contributed by atoms with Gasteiger partial charge in [0.2, 0.25) is 0 Å². The van der Waals surface area contributed by atoms with Crippen molar-refractivity contribution in [1.82, 2.24) is 0 Å². The molecule has 0 saturated carbocycles. The topological polar surface area (TPSA) is 63.6 Å². The standard InChI is InChI=1S/C15H18O4/c1-10-9-12(14(17)18)6-5-11(10)7-8-13(16)19-15(2,3)4/h5-9H,1-4H3,(H,17,18). The highest BCUT2D eigenvalue weighted by Crippen LogP contribution is 2.14. The average Bonchev–Trinajstić information content (AvgIpc) is 2.24. The number of carboxylic acid groups (broad SMARTS) is 1. The summed E-state index contributed by atoms with van der Waals surface area (Å²) in [6.07, 6.45) is 2.96. The second kappa shape index (κ2) is 5.69. The fourth-order valence-electron chi connectivity index (χ4n) is 1.49. The number of carboxylic acids is 1. The number of rotatable bonds is 3. The molecule has 0 bridgehead atoms. The molecule has 0 aromatic heterocycles. The van der Waals surface area contributed by atoms with Crippen LogP contribution in [0.15, 0.2) is 24.3 Å². The maximum atomic E-state index is 11.5. The number of aromatic carboxylic acids is 1. The number of carbonyl (C=O) groups excluding carboxylic acids is 1. The molecule has 0 radical (unpaired) electrons. The van der Waals surface area contributed by atoms with Crippen LogP contribution >= 0.6 is 0 Å². The van der Waals surface area contributed by atoms with E-state index < -0.39 is 17.5 Å². The Morgan fingerprint density at radius 1 is 1.26 bits per heavy atom. The van der Waals surface area contributed by atoms with Crippen LogP contribution in [0.1, 0.15) is 42.3 Å². The first-order valence-corrected chi connectivity index (χ1v) is 5.94. The van der Waals surface area contributed by atoms with Gasteiger partial charge in [0.1, 0.15) is 5.60 Å². The number of aryl methyl sites for hydroxylation is 1. The van der Waals surface area contributed by atoms with E-state index in [2.05, 4.69) is 0 Å². The fraction of sp³-hybridized carbons (Fsp3) is 0.333. The van der Waals surface area contributed by atoms with Gasteiger partial charge >= 0.3 is 11.9 Å². The van der Waals surface area contributed by atoms with Crippen LogP contribution in [0, 0.1) is 6.92 Å². The maximum Gasteiger partial charge on any atom is 0.335 e. The predicted molar refractivity (Wildman–Crippen MR) is 73.0 cm³/mol. The lowest BCUT2D eigenvalue weighted by atomic mass is 10.0. The molecule has 0 unspecified atom stereocenters. The molecule has 0 heterocycles. The van der Waals surface area contributed by atoms with Crippen molar-refractivity contribution >= 4 is 18.0 Å². The zero-order chi connectivity index (χ0) is 14.6. The Bertz CT molecular complexity index is 521. The van der Waals surface area contributed by atoms with Crippen molar-refractivity contribution in [3.63, 3.8) is 0 Å². The lowest BCUT2D eigenvalue weighted by molar-refractivity contribution is -0.148. The van der Waals surface area contributed by atoms with Crippen LogP contribution in [0.25, 0.3) is 6.08 Å². The molecule has 0 spiro atoms. The second-order valence-corrected chi connectivity index (χ2v) is 5.24. The molecule has 0 aliphatic heterocycles. The molecule has 0 amide bonds. The highest BCUT2D eigenvalue weighted by molar-refractivity contribution is 5.90. The summed E-state index contributed by atoms with van der Waals surface area (Å²) in [4.78, 5) is 22.3. The number of esters is 1. The molecule has 1 rings (SSSR count). The summed E-state index contributed by atoms with van der Waals surface area (Å²) in [7, 11) is 0. The van der Waals surface area contributed by atoms with Crippen molar-refractivity contribution in [2.24, 2.45) is 0 Å².